The first-order valence-electron chi connectivity index (χ1n) is 5.70. The van der Waals surface area contributed by atoms with Crippen molar-refractivity contribution in [1.82, 2.24) is 4.90 Å². The number of nitrogens with zero attached hydrogens (tertiary/aromatic N) is 2. The molecule has 4 heteroatoms. The van der Waals surface area contributed by atoms with Crippen LogP contribution in [0.3, 0.4) is 0 Å². The molecular weight excluding hydrogens is 280 g/mol. The Morgan fingerprint density at radius 3 is 3.12 bits per heavy atom. The molecule has 0 aliphatic carbocycles. The minimum absolute atomic E-state index is 0.307. The Labute approximate surface area is 110 Å². The number of benzene rings is 1. The van der Waals surface area contributed by atoms with Gasteiger partial charge in [0.2, 0.25) is 0 Å². The Balaban J connectivity index is 2.32. The van der Waals surface area contributed by atoms with E-state index in [4.69, 9.17) is 10.00 Å². The van der Waals surface area contributed by atoms with Gasteiger partial charge in [0.05, 0.1) is 19.7 Å². The molecule has 1 aliphatic heterocycles. The average molecular weight is 295 g/mol. The van der Waals surface area contributed by atoms with Gasteiger partial charge in [0.1, 0.15) is 5.75 Å². The smallest absolute Gasteiger partial charge is 0.123 e. The van der Waals surface area contributed by atoms with E-state index in [0.29, 0.717) is 12.6 Å². The third-order valence-electron chi connectivity index (χ3n) is 3.19. The van der Waals surface area contributed by atoms with E-state index in [1.807, 2.05) is 12.1 Å². The lowest BCUT2D eigenvalue weighted by Gasteiger charge is -2.23. The first kappa shape index (κ1) is 12.4. The van der Waals surface area contributed by atoms with Crippen LogP contribution in [0, 0.1) is 11.3 Å². The van der Waals surface area contributed by atoms with Gasteiger partial charge in [0.15, 0.2) is 0 Å². The van der Waals surface area contributed by atoms with E-state index in [-0.39, 0.29) is 0 Å². The summed E-state index contributed by atoms with van der Waals surface area (Å²) in [6, 6.07) is 8.59. The fourth-order valence-corrected chi connectivity index (χ4v) is 2.80. The van der Waals surface area contributed by atoms with E-state index in [9.17, 15) is 0 Å². The fraction of sp³-hybridized carbons (Fsp3) is 0.462. The molecule has 0 bridgehead atoms. The molecule has 1 aromatic carbocycles. The maximum atomic E-state index is 8.84. The predicted octanol–water partition coefficient (Wildman–Crippen LogP) is 3.12. The monoisotopic (exact) mass is 294 g/mol. The molecular formula is C13H15BrN2O. The second-order valence-corrected chi connectivity index (χ2v) is 5.09. The maximum absolute atomic E-state index is 8.84. The predicted molar refractivity (Wildman–Crippen MR) is 69.9 cm³/mol. The number of methoxy groups -OCH3 is 1. The minimum Gasteiger partial charge on any atom is -0.496 e. The lowest BCUT2D eigenvalue weighted by Crippen LogP contribution is -2.23. The van der Waals surface area contributed by atoms with Gasteiger partial charge in [-0.15, -0.1) is 0 Å². The number of hydrogen-bond acceptors (Lipinski definition) is 3. The second kappa shape index (κ2) is 5.52. The van der Waals surface area contributed by atoms with Gasteiger partial charge in [-0.05, 0) is 37.6 Å². The van der Waals surface area contributed by atoms with Crippen LogP contribution < -0.4 is 4.74 Å². The second-order valence-electron chi connectivity index (χ2n) is 4.17. The van der Waals surface area contributed by atoms with Gasteiger partial charge in [0, 0.05) is 16.1 Å². The standard InChI is InChI=1S/C13H15BrN2O/c1-17-13-5-4-10(14)9-11(13)12-3-2-7-16(12)8-6-15/h4-5,9,12H,2-3,7-8H2,1H3. The first-order chi connectivity index (χ1) is 8.26. The number of rotatable bonds is 3. The molecule has 1 saturated heterocycles. The highest BCUT2D eigenvalue weighted by atomic mass is 79.9. The zero-order valence-corrected chi connectivity index (χ0v) is 11.4. The highest BCUT2D eigenvalue weighted by molar-refractivity contribution is 9.10. The fourth-order valence-electron chi connectivity index (χ4n) is 2.42. The van der Waals surface area contributed by atoms with Gasteiger partial charge in [-0.3, -0.25) is 4.90 Å². The molecule has 0 spiro atoms. The third-order valence-corrected chi connectivity index (χ3v) is 3.68. The highest BCUT2D eigenvalue weighted by Gasteiger charge is 2.28. The summed E-state index contributed by atoms with van der Waals surface area (Å²) >= 11 is 3.49. The van der Waals surface area contributed by atoms with Gasteiger partial charge in [0.25, 0.3) is 0 Å². The maximum Gasteiger partial charge on any atom is 0.123 e. The summed E-state index contributed by atoms with van der Waals surface area (Å²) in [4.78, 5) is 2.21. The van der Waals surface area contributed by atoms with Crippen molar-refractivity contribution < 1.29 is 4.74 Å². The molecule has 3 nitrogen and oxygen atoms in total. The van der Waals surface area contributed by atoms with Crippen LogP contribution in [0.1, 0.15) is 24.4 Å². The first-order valence-corrected chi connectivity index (χ1v) is 6.50. The van der Waals surface area contributed by atoms with Crippen LogP contribution in [-0.2, 0) is 0 Å². The number of likely N-dealkylation sites (tertiary alicyclic amines) is 1. The quantitative estimate of drug-likeness (QED) is 0.804. The molecule has 1 fully saturated rings. The summed E-state index contributed by atoms with van der Waals surface area (Å²) in [5.74, 6) is 0.906. The molecule has 0 radical (unpaired) electrons. The number of halogens is 1. The normalized spacial score (nSPS) is 20.2. The molecule has 2 rings (SSSR count). The van der Waals surface area contributed by atoms with Gasteiger partial charge in [-0.25, -0.2) is 0 Å². The van der Waals surface area contributed by atoms with Gasteiger partial charge < -0.3 is 4.74 Å². The molecule has 1 heterocycles. The lowest BCUT2D eigenvalue weighted by molar-refractivity contribution is 0.280. The van der Waals surface area contributed by atoms with Crippen LogP contribution in [0.2, 0.25) is 0 Å². The van der Waals surface area contributed by atoms with E-state index < -0.39 is 0 Å². The van der Waals surface area contributed by atoms with Crippen molar-refractivity contribution in [2.24, 2.45) is 0 Å². The van der Waals surface area contributed by atoms with Crippen LogP contribution in [0.4, 0.5) is 0 Å². The van der Waals surface area contributed by atoms with Gasteiger partial charge in [-0.2, -0.15) is 5.26 Å². The molecule has 17 heavy (non-hydrogen) atoms. The Kier molecular flexibility index (Phi) is 4.03. The summed E-state index contributed by atoms with van der Waals surface area (Å²) < 4.78 is 6.46. The highest BCUT2D eigenvalue weighted by Crippen LogP contribution is 2.37. The zero-order valence-electron chi connectivity index (χ0n) is 9.82. The van der Waals surface area contributed by atoms with Gasteiger partial charge >= 0.3 is 0 Å². The summed E-state index contributed by atoms with van der Waals surface area (Å²) in [6.45, 7) is 1.48. The Morgan fingerprint density at radius 2 is 2.41 bits per heavy atom. The van der Waals surface area contributed by atoms with Crippen LogP contribution in [0.15, 0.2) is 22.7 Å². The van der Waals surface area contributed by atoms with Crippen LogP contribution in [0.25, 0.3) is 0 Å². The number of ether oxygens (including phenoxy) is 1. The minimum atomic E-state index is 0.307. The third kappa shape index (κ3) is 2.62. The largest absolute Gasteiger partial charge is 0.496 e. The van der Waals surface area contributed by atoms with Crippen molar-refractivity contribution in [2.45, 2.75) is 18.9 Å². The van der Waals surface area contributed by atoms with Crippen molar-refractivity contribution in [2.75, 3.05) is 20.2 Å². The average Bonchev–Trinajstić information content (AvgIpc) is 2.77. The summed E-state index contributed by atoms with van der Waals surface area (Å²) in [5.41, 5.74) is 1.18. The van der Waals surface area contributed by atoms with E-state index >= 15 is 0 Å². The molecule has 1 aromatic rings. The van der Waals surface area contributed by atoms with Crippen molar-refractivity contribution in [3.63, 3.8) is 0 Å². The van der Waals surface area contributed by atoms with Crippen molar-refractivity contribution in [3.05, 3.63) is 28.2 Å². The van der Waals surface area contributed by atoms with Crippen molar-refractivity contribution in [3.8, 4) is 11.8 Å². The lowest BCUT2D eigenvalue weighted by atomic mass is 10.0. The van der Waals surface area contributed by atoms with Crippen LogP contribution >= 0.6 is 15.9 Å². The Hall–Kier alpha value is -1.05. The molecule has 90 valence electrons. The summed E-state index contributed by atoms with van der Waals surface area (Å²) in [7, 11) is 1.69. The van der Waals surface area contributed by atoms with E-state index in [1.54, 1.807) is 7.11 Å². The number of nitriles is 1. The molecule has 1 aliphatic rings. The van der Waals surface area contributed by atoms with Crippen molar-refractivity contribution >= 4 is 15.9 Å². The van der Waals surface area contributed by atoms with E-state index in [0.717, 1.165) is 29.6 Å². The molecule has 0 N–H and O–H groups in total. The van der Waals surface area contributed by atoms with Crippen LogP contribution in [-0.4, -0.2) is 25.1 Å². The molecule has 0 aromatic heterocycles. The molecule has 0 saturated carbocycles. The molecule has 1 atom stereocenters. The molecule has 1 unspecified atom stereocenters. The zero-order chi connectivity index (χ0) is 12.3. The van der Waals surface area contributed by atoms with Crippen molar-refractivity contribution in [1.29, 1.82) is 5.26 Å². The van der Waals surface area contributed by atoms with Gasteiger partial charge in [-0.1, -0.05) is 15.9 Å². The number of hydrogen-bond donors (Lipinski definition) is 0. The SMILES string of the molecule is COc1ccc(Br)cc1C1CCCN1CC#N. The topological polar surface area (TPSA) is 36.3 Å². The molecule has 0 amide bonds. The Bertz CT molecular complexity index is 442. The summed E-state index contributed by atoms with van der Waals surface area (Å²) in [6.07, 6.45) is 2.23. The van der Waals surface area contributed by atoms with E-state index in [1.165, 1.54) is 5.56 Å². The Morgan fingerprint density at radius 1 is 1.59 bits per heavy atom. The van der Waals surface area contributed by atoms with Crippen LogP contribution in [0.5, 0.6) is 5.75 Å². The summed E-state index contributed by atoms with van der Waals surface area (Å²) in [5, 5.41) is 8.84. The van der Waals surface area contributed by atoms with E-state index in [2.05, 4.69) is 33.0 Å².